The van der Waals surface area contributed by atoms with Crippen LogP contribution < -0.4 is 10.0 Å². The third-order valence-corrected chi connectivity index (χ3v) is 9.31. The Kier molecular flexibility index (Phi) is 9.75. The fourth-order valence-corrected chi connectivity index (χ4v) is 6.23. The highest BCUT2D eigenvalue weighted by Gasteiger charge is 2.40. The summed E-state index contributed by atoms with van der Waals surface area (Å²) in [6.07, 6.45) is 5.62. The molecular formula is C29H45F2N5O4S. The van der Waals surface area contributed by atoms with Gasteiger partial charge in [0.15, 0.2) is 5.65 Å². The van der Waals surface area contributed by atoms with Gasteiger partial charge < -0.3 is 14.8 Å². The molecule has 0 bridgehead atoms. The Hall–Kier alpha value is -2.18. The van der Waals surface area contributed by atoms with E-state index in [0.717, 1.165) is 38.0 Å². The summed E-state index contributed by atoms with van der Waals surface area (Å²) in [5, 5.41) is 7.51. The number of nitrogens with zero attached hydrogens (tertiary/aromatic N) is 3. The molecule has 1 saturated carbocycles. The van der Waals surface area contributed by atoms with E-state index >= 15 is 0 Å². The normalized spacial score (nSPS) is 21.4. The van der Waals surface area contributed by atoms with Crippen molar-refractivity contribution >= 4 is 22.7 Å². The van der Waals surface area contributed by atoms with Crippen LogP contribution in [0, 0.1) is 11.8 Å². The minimum absolute atomic E-state index is 0.202. The molecule has 4 rings (SSSR count). The smallest absolute Gasteiger partial charge is 0.408 e. The van der Waals surface area contributed by atoms with Crippen LogP contribution in [0.4, 0.5) is 13.6 Å². The topological polar surface area (TPSA) is 107 Å². The molecule has 1 aliphatic carbocycles. The second-order valence-electron chi connectivity index (χ2n) is 13.4. The molecule has 2 aromatic heterocycles. The van der Waals surface area contributed by atoms with Gasteiger partial charge in [-0.25, -0.2) is 32.0 Å². The number of hydrogen-bond donors (Lipinski definition) is 2. The number of halogens is 2. The molecule has 9 nitrogen and oxygen atoms in total. The van der Waals surface area contributed by atoms with E-state index in [1.165, 1.54) is 0 Å². The Bertz CT molecular complexity index is 1210. The summed E-state index contributed by atoms with van der Waals surface area (Å²) in [6, 6.07) is 1.12. The van der Waals surface area contributed by atoms with Crippen LogP contribution in [0.3, 0.4) is 0 Å². The van der Waals surface area contributed by atoms with Gasteiger partial charge in [-0.15, -0.1) is 0 Å². The zero-order chi connectivity index (χ0) is 30.0. The van der Waals surface area contributed by atoms with Crippen molar-refractivity contribution in [2.75, 3.05) is 13.2 Å². The van der Waals surface area contributed by atoms with Crippen LogP contribution in [0.25, 0.3) is 5.65 Å². The average Bonchev–Trinajstić information content (AvgIpc) is 3.29. The first-order chi connectivity index (χ1) is 19.1. The number of hydrogen-bond acceptors (Lipinski definition) is 6. The summed E-state index contributed by atoms with van der Waals surface area (Å²) in [5.74, 6) is -2.48. The molecule has 1 aliphatic heterocycles. The number of imidazole rings is 1. The monoisotopic (exact) mass is 597 g/mol. The van der Waals surface area contributed by atoms with E-state index < -0.39 is 39.4 Å². The Labute approximate surface area is 244 Å². The fourth-order valence-electron chi connectivity index (χ4n) is 5.39. The molecule has 2 aromatic rings. The Morgan fingerprint density at radius 2 is 1.83 bits per heavy atom. The van der Waals surface area contributed by atoms with Crippen molar-refractivity contribution in [1.82, 2.24) is 24.6 Å². The molecule has 3 heterocycles. The van der Waals surface area contributed by atoms with Gasteiger partial charge in [0.05, 0.1) is 39.9 Å². The number of aromatic nitrogens is 3. The van der Waals surface area contributed by atoms with Crippen molar-refractivity contribution in [3.8, 4) is 0 Å². The first-order valence-electron chi connectivity index (χ1n) is 14.6. The van der Waals surface area contributed by atoms with E-state index in [1.807, 2.05) is 26.8 Å². The summed E-state index contributed by atoms with van der Waals surface area (Å²) in [4.78, 5) is 17.6. The zero-order valence-corrected chi connectivity index (χ0v) is 25.9. The predicted octanol–water partition coefficient (Wildman–Crippen LogP) is 6.03. The van der Waals surface area contributed by atoms with Gasteiger partial charge in [-0.3, -0.25) is 0 Å². The molecule has 230 valence electrons. The maximum Gasteiger partial charge on any atom is 0.408 e. The molecule has 12 heteroatoms. The lowest BCUT2D eigenvalue weighted by Gasteiger charge is -2.33. The summed E-state index contributed by atoms with van der Waals surface area (Å²) >= 11 is 0. The number of carbonyl (C=O) groups excluding carboxylic acids is 1. The van der Waals surface area contributed by atoms with Crippen molar-refractivity contribution in [1.29, 1.82) is 0 Å². The number of alkyl carbamates (subject to hydrolysis) is 1. The van der Waals surface area contributed by atoms with Gasteiger partial charge in [-0.2, -0.15) is 5.10 Å². The van der Waals surface area contributed by atoms with Crippen LogP contribution in [-0.2, 0) is 20.5 Å². The van der Waals surface area contributed by atoms with Crippen molar-refractivity contribution < 1.29 is 27.3 Å². The van der Waals surface area contributed by atoms with Crippen LogP contribution in [0.15, 0.2) is 18.5 Å². The lowest BCUT2D eigenvalue weighted by molar-refractivity contribution is -0.0500. The maximum atomic E-state index is 14.0. The number of nitrogens with one attached hydrogen (secondary N) is 2. The van der Waals surface area contributed by atoms with Crippen LogP contribution in [0.1, 0.15) is 110 Å². The molecule has 1 saturated heterocycles. The molecule has 0 aromatic carbocycles. The van der Waals surface area contributed by atoms with Crippen LogP contribution in [-0.4, -0.2) is 54.4 Å². The predicted molar refractivity (Wildman–Crippen MR) is 154 cm³/mol. The lowest BCUT2D eigenvalue weighted by atomic mass is 9.81. The van der Waals surface area contributed by atoms with Gasteiger partial charge in [0.25, 0.3) is 0 Å². The third kappa shape index (κ3) is 8.90. The van der Waals surface area contributed by atoms with E-state index in [1.54, 1.807) is 37.7 Å². The molecule has 0 radical (unpaired) electrons. The molecule has 1 amide bonds. The molecule has 2 aliphatic rings. The van der Waals surface area contributed by atoms with E-state index in [9.17, 15) is 17.8 Å². The van der Waals surface area contributed by atoms with Gasteiger partial charge in [-0.05, 0) is 97.1 Å². The Morgan fingerprint density at radius 3 is 2.44 bits per heavy atom. The summed E-state index contributed by atoms with van der Waals surface area (Å²) in [5.41, 5.74) is 1.27. The highest BCUT2D eigenvalue weighted by Crippen LogP contribution is 2.41. The Morgan fingerprint density at radius 1 is 1.17 bits per heavy atom. The van der Waals surface area contributed by atoms with Crippen molar-refractivity contribution in [3.05, 3.63) is 29.7 Å². The number of ether oxygens (including phenoxy) is 2. The SMILES string of the molecule is CC(C)(C)OC(=O)N[C@H](c1cn2ncc([C@@H](CC3CCOCC3)N[S@@](=O)C(C)(C)C)cc2n1)C1CCC(F)(F)CC1. The number of carbonyl (C=O) groups is 1. The van der Waals surface area contributed by atoms with E-state index in [4.69, 9.17) is 14.5 Å². The highest BCUT2D eigenvalue weighted by atomic mass is 32.2. The van der Waals surface area contributed by atoms with Crippen LogP contribution in [0.5, 0.6) is 0 Å². The van der Waals surface area contributed by atoms with E-state index in [-0.39, 0.29) is 37.6 Å². The lowest BCUT2D eigenvalue weighted by Crippen LogP contribution is -2.40. The largest absolute Gasteiger partial charge is 0.444 e. The fraction of sp³-hybridized carbons (Fsp3) is 0.759. The van der Waals surface area contributed by atoms with E-state index in [0.29, 0.717) is 17.3 Å². The number of amides is 1. The highest BCUT2D eigenvalue weighted by molar-refractivity contribution is 7.84. The second kappa shape index (κ2) is 12.6. The van der Waals surface area contributed by atoms with Gasteiger partial charge in [0.2, 0.25) is 5.92 Å². The van der Waals surface area contributed by atoms with E-state index in [2.05, 4.69) is 15.1 Å². The van der Waals surface area contributed by atoms with Gasteiger partial charge in [-0.1, -0.05) is 0 Å². The number of alkyl halides is 2. The number of fused-ring (bicyclic) bond motifs is 1. The minimum Gasteiger partial charge on any atom is -0.444 e. The van der Waals surface area contributed by atoms with Gasteiger partial charge in [0, 0.05) is 32.1 Å². The summed E-state index contributed by atoms with van der Waals surface area (Å²) in [6.45, 7) is 12.6. The average molecular weight is 598 g/mol. The van der Waals surface area contributed by atoms with Crippen LogP contribution >= 0.6 is 0 Å². The molecule has 41 heavy (non-hydrogen) atoms. The second-order valence-corrected chi connectivity index (χ2v) is 15.4. The quantitative estimate of drug-likeness (QED) is 0.385. The van der Waals surface area contributed by atoms with Crippen molar-refractivity contribution in [2.45, 2.75) is 115 Å². The van der Waals surface area contributed by atoms with Crippen LogP contribution in [0.2, 0.25) is 0 Å². The maximum absolute atomic E-state index is 14.0. The van der Waals surface area contributed by atoms with Gasteiger partial charge >= 0.3 is 6.09 Å². The van der Waals surface area contributed by atoms with Crippen molar-refractivity contribution in [2.24, 2.45) is 11.8 Å². The molecule has 2 N–H and O–H groups in total. The van der Waals surface area contributed by atoms with Gasteiger partial charge in [0.1, 0.15) is 5.60 Å². The molecule has 0 spiro atoms. The summed E-state index contributed by atoms with van der Waals surface area (Å²) in [7, 11) is -1.29. The third-order valence-electron chi connectivity index (χ3n) is 7.70. The first kappa shape index (κ1) is 31.7. The zero-order valence-electron chi connectivity index (χ0n) is 25.0. The van der Waals surface area contributed by atoms with Crippen molar-refractivity contribution in [3.63, 3.8) is 0 Å². The Balaban J connectivity index is 1.62. The molecule has 3 atom stereocenters. The molecule has 2 fully saturated rings. The first-order valence-corrected chi connectivity index (χ1v) is 15.7. The minimum atomic E-state index is -2.69. The summed E-state index contributed by atoms with van der Waals surface area (Å²) < 4.78 is 56.6. The molecule has 0 unspecified atom stereocenters. The standard InChI is InChI=1S/C29H45F2N5O4S/c1-27(2,3)40-26(37)34-25(20-7-11-29(30,31)12-8-20)23-18-36-24(33-23)16-21(17-32-36)22(35-41(38)28(4,5)6)15-19-9-13-39-14-10-19/h16-20,22,25,35H,7-15H2,1-6H3,(H,34,37)/t22-,25+,41+/m1/s1. The number of rotatable bonds is 8. The molecular weight excluding hydrogens is 552 g/mol.